The van der Waals surface area contributed by atoms with Gasteiger partial charge < -0.3 is 10.2 Å². The molecule has 1 aliphatic heterocycles. The molecule has 8 atom stereocenters. The van der Waals surface area contributed by atoms with E-state index >= 15 is 0 Å². The van der Waals surface area contributed by atoms with Gasteiger partial charge in [-0.3, -0.25) is 0 Å². The molecule has 0 amide bonds. The molecule has 0 aromatic carbocycles. The van der Waals surface area contributed by atoms with Crippen molar-refractivity contribution in [2.45, 2.75) is 60.6 Å². The van der Waals surface area contributed by atoms with Gasteiger partial charge in [-0.25, -0.2) is 0 Å². The zero-order valence-electron chi connectivity index (χ0n) is 10.2. The first-order chi connectivity index (χ1) is 8.09. The lowest BCUT2D eigenvalue weighted by molar-refractivity contribution is 0.0413. The van der Waals surface area contributed by atoms with Crippen molar-refractivity contribution < 1.29 is 10.2 Å². The molecular formula is C13H22O2S2. The van der Waals surface area contributed by atoms with Crippen LogP contribution in [0, 0.1) is 17.8 Å². The molecule has 3 rings (SSSR count). The molecular weight excluding hydrogens is 252 g/mol. The maximum absolute atomic E-state index is 9.99. The van der Waals surface area contributed by atoms with Gasteiger partial charge in [-0.1, -0.05) is 6.92 Å². The second-order valence-electron chi connectivity index (χ2n) is 6.03. The maximum atomic E-state index is 9.99. The van der Waals surface area contributed by atoms with E-state index < -0.39 is 0 Å². The minimum Gasteiger partial charge on any atom is -0.393 e. The molecule has 0 bridgehead atoms. The van der Waals surface area contributed by atoms with Gasteiger partial charge in [0, 0.05) is 15.7 Å². The average molecular weight is 274 g/mol. The fourth-order valence-electron chi connectivity index (χ4n) is 4.07. The van der Waals surface area contributed by atoms with Crippen molar-refractivity contribution in [3.63, 3.8) is 0 Å². The normalized spacial score (nSPS) is 58.6. The van der Waals surface area contributed by atoms with E-state index in [1.54, 1.807) is 0 Å². The van der Waals surface area contributed by atoms with Crippen LogP contribution < -0.4 is 0 Å². The lowest BCUT2D eigenvalue weighted by Gasteiger charge is -2.38. The highest BCUT2D eigenvalue weighted by Crippen LogP contribution is 2.57. The Labute approximate surface area is 113 Å². The van der Waals surface area contributed by atoms with Gasteiger partial charge in [0.05, 0.1) is 12.2 Å². The Kier molecular flexibility index (Phi) is 3.44. The molecule has 2 aliphatic carbocycles. The van der Waals surface area contributed by atoms with Crippen molar-refractivity contribution in [3.05, 3.63) is 0 Å². The molecule has 2 nitrogen and oxygen atoms in total. The topological polar surface area (TPSA) is 40.5 Å². The van der Waals surface area contributed by atoms with Gasteiger partial charge >= 0.3 is 0 Å². The molecule has 3 aliphatic rings. The maximum Gasteiger partial charge on any atom is 0.0667 e. The molecule has 0 radical (unpaired) electrons. The summed E-state index contributed by atoms with van der Waals surface area (Å²) < 4.78 is 0. The van der Waals surface area contributed by atoms with Gasteiger partial charge in [0.25, 0.3) is 0 Å². The zero-order valence-corrected chi connectivity index (χ0v) is 11.9. The van der Waals surface area contributed by atoms with E-state index in [2.05, 4.69) is 19.6 Å². The van der Waals surface area contributed by atoms with E-state index in [1.807, 2.05) is 11.8 Å². The molecule has 1 saturated heterocycles. The third-order valence-electron chi connectivity index (χ3n) is 5.16. The Balaban J connectivity index is 1.81. The molecule has 0 aromatic rings. The van der Waals surface area contributed by atoms with E-state index in [-0.39, 0.29) is 17.5 Å². The molecule has 8 unspecified atom stereocenters. The first-order valence-electron chi connectivity index (χ1n) is 6.79. The van der Waals surface area contributed by atoms with Crippen LogP contribution >= 0.6 is 24.4 Å². The fourth-order valence-corrected chi connectivity index (χ4v) is 6.87. The molecule has 98 valence electrons. The van der Waals surface area contributed by atoms with E-state index in [1.165, 1.54) is 6.42 Å². The van der Waals surface area contributed by atoms with Gasteiger partial charge in [-0.15, -0.1) is 0 Å². The van der Waals surface area contributed by atoms with Crippen molar-refractivity contribution in [2.75, 3.05) is 0 Å². The highest BCUT2D eigenvalue weighted by Gasteiger charge is 2.53. The van der Waals surface area contributed by atoms with Crippen LogP contribution in [0.3, 0.4) is 0 Å². The minimum atomic E-state index is -0.229. The first-order valence-corrected chi connectivity index (χ1v) is 8.25. The van der Waals surface area contributed by atoms with Crippen LogP contribution in [0.4, 0.5) is 0 Å². The quantitative estimate of drug-likeness (QED) is 0.591. The second-order valence-corrected chi connectivity index (χ2v) is 7.99. The summed E-state index contributed by atoms with van der Waals surface area (Å²) in [5.74, 6) is 1.89. The zero-order chi connectivity index (χ0) is 12.2. The van der Waals surface area contributed by atoms with Gasteiger partial charge in [-0.05, 0) is 43.4 Å². The van der Waals surface area contributed by atoms with Crippen molar-refractivity contribution in [1.82, 2.24) is 0 Å². The SMILES string of the molecule is CC1C(O)CCC2C3CCC(O)C(S)C3SC12. The average Bonchev–Trinajstić information content (AvgIpc) is 2.69. The Morgan fingerprint density at radius 3 is 2.24 bits per heavy atom. The fraction of sp³-hybridized carbons (Fsp3) is 1.00. The summed E-state index contributed by atoms with van der Waals surface area (Å²) in [5, 5.41) is 21.2. The van der Waals surface area contributed by atoms with Gasteiger partial charge in [0.2, 0.25) is 0 Å². The molecule has 0 aromatic heterocycles. The predicted octanol–water partition coefficient (Wildman–Crippen LogP) is 1.95. The summed E-state index contributed by atoms with van der Waals surface area (Å²) in [6.07, 6.45) is 3.85. The Morgan fingerprint density at radius 2 is 1.53 bits per heavy atom. The van der Waals surface area contributed by atoms with Crippen molar-refractivity contribution in [2.24, 2.45) is 17.8 Å². The number of thiol groups is 1. The van der Waals surface area contributed by atoms with Crippen LogP contribution in [-0.4, -0.2) is 38.2 Å². The smallest absolute Gasteiger partial charge is 0.0667 e. The molecule has 0 spiro atoms. The van der Waals surface area contributed by atoms with Gasteiger partial charge in [0.1, 0.15) is 0 Å². The lowest BCUT2D eigenvalue weighted by Crippen LogP contribution is -2.42. The Bertz CT molecular complexity index is 267. The Morgan fingerprint density at radius 1 is 0.941 bits per heavy atom. The molecule has 2 N–H and O–H groups in total. The number of hydrogen-bond donors (Lipinski definition) is 3. The molecule has 17 heavy (non-hydrogen) atoms. The van der Waals surface area contributed by atoms with Gasteiger partial charge in [0.15, 0.2) is 0 Å². The lowest BCUT2D eigenvalue weighted by atomic mass is 9.69. The van der Waals surface area contributed by atoms with E-state index in [9.17, 15) is 10.2 Å². The number of fused-ring (bicyclic) bond motifs is 3. The number of aliphatic hydroxyl groups is 2. The first kappa shape index (κ1) is 12.6. The van der Waals surface area contributed by atoms with E-state index in [0.29, 0.717) is 16.4 Å². The third-order valence-corrected chi connectivity index (χ3v) is 8.07. The van der Waals surface area contributed by atoms with E-state index in [0.717, 1.165) is 31.1 Å². The van der Waals surface area contributed by atoms with Crippen LogP contribution in [0.1, 0.15) is 32.6 Å². The predicted molar refractivity (Wildman–Crippen MR) is 74.6 cm³/mol. The van der Waals surface area contributed by atoms with Crippen LogP contribution in [0.2, 0.25) is 0 Å². The third kappa shape index (κ3) is 1.96. The van der Waals surface area contributed by atoms with Crippen LogP contribution in [-0.2, 0) is 0 Å². The Hall–Kier alpha value is 0.620. The summed E-state index contributed by atoms with van der Waals surface area (Å²) in [5.41, 5.74) is 0. The molecule has 1 heterocycles. The number of thioether (sulfide) groups is 1. The minimum absolute atomic E-state index is 0.118. The van der Waals surface area contributed by atoms with Gasteiger partial charge in [-0.2, -0.15) is 24.4 Å². The number of aliphatic hydroxyl groups excluding tert-OH is 2. The van der Waals surface area contributed by atoms with Crippen molar-refractivity contribution in [1.29, 1.82) is 0 Å². The molecule has 2 saturated carbocycles. The highest BCUT2D eigenvalue weighted by molar-refractivity contribution is 8.01. The van der Waals surface area contributed by atoms with Crippen LogP contribution in [0.5, 0.6) is 0 Å². The summed E-state index contributed by atoms with van der Waals surface area (Å²) in [7, 11) is 0. The summed E-state index contributed by atoms with van der Waals surface area (Å²) in [6.45, 7) is 2.19. The van der Waals surface area contributed by atoms with Crippen LogP contribution in [0.25, 0.3) is 0 Å². The number of rotatable bonds is 0. The second kappa shape index (κ2) is 4.62. The van der Waals surface area contributed by atoms with Crippen LogP contribution in [0.15, 0.2) is 0 Å². The van der Waals surface area contributed by atoms with E-state index in [4.69, 9.17) is 0 Å². The standard InChI is InChI=1S/C13H22O2S2/c1-6-9(14)4-2-7-8-3-5-10(15)11(16)13(8)17-12(6)7/h6-16H,2-5H2,1H3. The largest absolute Gasteiger partial charge is 0.393 e. The monoisotopic (exact) mass is 274 g/mol. The van der Waals surface area contributed by atoms with Crippen molar-refractivity contribution in [3.8, 4) is 0 Å². The summed E-state index contributed by atoms with van der Waals surface area (Å²) >= 11 is 6.63. The molecule has 4 heteroatoms. The summed E-state index contributed by atoms with van der Waals surface area (Å²) in [4.78, 5) is 0. The van der Waals surface area contributed by atoms with Crippen molar-refractivity contribution >= 4 is 24.4 Å². The molecule has 3 fully saturated rings. The highest BCUT2D eigenvalue weighted by atomic mass is 32.2. The number of hydrogen-bond acceptors (Lipinski definition) is 4. The summed E-state index contributed by atoms with van der Waals surface area (Å²) in [6, 6.07) is 0.